The van der Waals surface area contributed by atoms with E-state index in [9.17, 15) is 14.0 Å². The van der Waals surface area contributed by atoms with Crippen molar-refractivity contribution in [3.63, 3.8) is 0 Å². The molecule has 31 heavy (non-hydrogen) atoms. The zero-order valence-electron chi connectivity index (χ0n) is 17.2. The highest BCUT2D eigenvalue weighted by molar-refractivity contribution is 6.01. The lowest BCUT2D eigenvalue weighted by molar-refractivity contribution is -0.118. The minimum Gasteiger partial charge on any atom is -0.340 e. The number of carbonyl (C=O) groups is 2. The Morgan fingerprint density at radius 3 is 2.00 bits per heavy atom. The summed E-state index contributed by atoms with van der Waals surface area (Å²) in [4.78, 5) is 25.2. The third-order valence-corrected chi connectivity index (χ3v) is 4.53. The Balaban J connectivity index is 1.64. The largest absolute Gasteiger partial charge is 0.340 e. The quantitative estimate of drug-likeness (QED) is 0.487. The molecule has 0 saturated heterocycles. The maximum atomic E-state index is 13.9. The monoisotopic (exact) mass is 418 g/mol. The van der Waals surface area contributed by atoms with Crippen molar-refractivity contribution in [3.05, 3.63) is 90.2 Å². The van der Waals surface area contributed by atoms with Crippen LogP contribution in [0.2, 0.25) is 0 Å². The second kappa shape index (κ2) is 10.2. The topological polar surface area (TPSA) is 82.9 Å². The summed E-state index contributed by atoms with van der Waals surface area (Å²) >= 11 is 0. The van der Waals surface area contributed by atoms with E-state index in [0.29, 0.717) is 11.4 Å². The van der Waals surface area contributed by atoms with Gasteiger partial charge in [-0.15, -0.1) is 0 Å². The lowest BCUT2D eigenvalue weighted by Crippen LogP contribution is -2.47. The van der Waals surface area contributed by atoms with Gasteiger partial charge in [0.1, 0.15) is 11.9 Å². The molecule has 2 N–H and O–H groups in total. The number of amides is 2. The summed E-state index contributed by atoms with van der Waals surface area (Å²) in [5.41, 5.74) is 1.82. The van der Waals surface area contributed by atoms with Gasteiger partial charge in [0.2, 0.25) is 5.91 Å². The Hall–Kier alpha value is -3.87. The summed E-state index contributed by atoms with van der Waals surface area (Å²) in [6.07, 6.45) is 0. The second-order valence-corrected chi connectivity index (χ2v) is 7.25. The number of azo groups is 1. The number of hydrogen-bond donors (Lipinski definition) is 2. The van der Waals surface area contributed by atoms with Crippen LogP contribution in [0.15, 0.2) is 89.1 Å². The van der Waals surface area contributed by atoms with E-state index in [1.165, 1.54) is 18.2 Å². The average Bonchev–Trinajstić information content (AvgIpc) is 2.77. The molecule has 3 rings (SSSR count). The van der Waals surface area contributed by atoms with Crippen molar-refractivity contribution in [2.24, 2.45) is 16.1 Å². The Morgan fingerprint density at radius 1 is 0.806 bits per heavy atom. The van der Waals surface area contributed by atoms with Gasteiger partial charge in [0.05, 0.1) is 16.9 Å². The van der Waals surface area contributed by atoms with E-state index >= 15 is 0 Å². The molecule has 0 spiro atoms. The summed E-state index contributed by atoms with van der Waals surface area (Å²) in [6.45, 7) is 3.61. The number of nitrogens with one attached hydrogen (secondary N) is 2. The van der Waals surface area contributed by atoms with Gasteiger partial charge in [0, 0.05) is 5.69 Å². The van der Waals surface area contributed by atoms with Gasteiger partial charge in [-0.1, -0.05) is 44.2 Å². The van der Waals surface area contributed by atoms with E-state index in [1.807, 2.05) is 30.3 Å². The van der Waals surface area contributed by atoms with Gasteiger partial charge in [0.15, 0.2) is 0 Å². The second-order valence-electron chi connectivity index (χ2n) is 7.25. The van der Waals surface area contributed by atoms with Crippen molar-refractivity contribution >= 4 is 28.9 Å². The van der Waals surface area contributed by atoms with Crippen LogP contribution in [0.1, 0.15) is 24.2 Å². The lowest BCUT2D eigenvalue weighted by Gasteiger charge is -2.22. The van der Waals surface area contributed by atoms with E-state index < -0.39 is 23.7 Å². The fourth-order valence-electron chi connectivity index (χ4n) is 2.84. The molecule has 0 bridgehead atoms. The van der Waals surface area contributed by atoms with Crippen LogP contribution in [0.25, 0.3) is 0 Å². The molecule has 0 aromatic heterocycles. The highest BCUT2D eigenvalue weighted by Crippen LogP contribution is 2.20. The SMILES string of the molecule is CC(C)[C@H](NC(=O)c1ccccc1F)C(=O)Nc1ccc(N=Nc2ccccc2)cc1. The zero-order valence-corrected chi connectivity index (χ0v) is 17.2. The highest BCUT2D eigenvalue weighted by atomic mass is 19.1. The Bertz CT molecular complexity index is 1070. The molecule has 0 aliphatic heterocycles. The van der Waals surface area contributed by atoms with E-state index in [4.69, 9.17) is 0 Å². The molecule has 0 fully saturated rings. The van der Waals surface area contributed by atoms with Gasteiger partial charge >= 0.3 is 0 Å². The minimum absolute atomic E-state index is 0.103. The molecule has 0 radical (unpaired) electrons. The predicted molar refractivity (Wildman–Crippen MR) is 118 cm³/mol. The first kappa shape index (κ1) is 21.8. The number of nitrogens with zero attached hydrogens (tertiary/aromatic N) is 2. The molecule has 0 aliphatic carbocycles. The molecule has 0 unspecified atom stereocenters. The standard InChI is InChI=1S/C24H23FN4O2/c1-16(2)22(27-23(30)20-10-6-7-11-21(20)25)24(31)26-17-12-14-19(15-13-17)29-28-18-8-4-3-5-9-18/h3-16,22H,1-2H3,(H,26,31)(H,27,30)/t22-/m0/s1. The van der Waals surface area contributed by atoms with E-state index in [2.05, 4.69) is 20.9 Å². The van der Waals surface area contributed by atoms with Crippen LogP contribution in [-0.4, -0.2) is 17.9 Å². The maximum absolute atomic E-state index is 13.9. The fourth-order valence-corrected chi connectivity index (χ4v) is 2.84. The average molecular weight is 418 g/mol. The van der Waals surface area contributed by atoms with Crippen LogP contribution >= 0.6 is 0 Å². The normalized spacial score (nSPS) is 12.0. The zero-order chi connectivity index (χ0) is 22.2. The summed E-state index contributed by atoms with van der Waals surface area (Å²) < 4.78 is 13.9. The number of anilines is 1. The van der Waals surface area contributed by atoms with Crippen molar-refractivity contribution < 1.29 is 14.0 Å². The molecule has 0 saturated carbocycles. The summed E-state index contributed by atoms with van der Waals surface area (Å²) in [6, 6.07) is 21.0. The molecular formula is C24H23FN4O2. The summed E-state index contributed by atoms with van der Waals surface area (Å²) in [5.74, 6) is -1.86. The van der Waals surface area contributed by atoms with E-state index in [0.717, 1.165) is 5.69 Å². The number of benzene rings is 3. The molecule has 3 aromatic rings. The fraction of sp³-hybridized carbons (Fsp3) is 0.167. The molecule has 7 heteroatoms. The Labute approximate surface area is 180 Å². The van der Waals surface area contributed by atoms with Crippen LogP contribution in [0.3, 0.4) is 0 Å². The molecule has 158 valence electrons. The van der Waals surface area contributed by atoms with Gasteiger partial charge in [-0.2, -0.15) is 10.2 Å². The summed E-state index contributed by atoms with van der Waals surface area (Å²) in [5, 5.41) is 13.7. The van der Waals surface area contributed by atoms with Crippen LogP contribution in [0.5, 0.6) is 0 Å². The maximum Gasteiger partial charge on any atom is 0.254 e. The van der Waals surface area contributed by atoms with Crippen molar-refractivity contribution in [1.82, 2.24) is 5.32 Å². The van der Waals surface area contributed by atoms with E-state index in [-0.39, 0.29) is 11.5 Å². The smallest absolute Gasteiger partial charge is 0.254 e. The van der Waals surface area contributed by atoms with Gasteiger partial charge < -0.3 is 10.6 Å². The van der Waals surface area contributed by atoms with Crippen LogP contribution in [0.4, 0.5) is 21.5 Å². The first-order valence-electron chi connectivity index (χ1n) is 9.87. The molecule has 2 amide bonds. The molecule has 3 aromatic carbocycles. The number of rotatable bonds is 7. The van der Waals surface area contributed by atoms with Crippen LogP contribution < -0.4 is 10.6 Å². The van der Waals surface area contributed by atoms with Gasteiger partial charge in [-0.3, -0.25) is 9.59 Å². The number of halogens is 1. The Kier molecular flexibility index (Phi) is 7.22. The van der Waals surface area contributed by atoms with Crippen LogP contribution in [-0.2, 0) is 4.79 Å². The van der Waals surface area contributed by atoms with Gasteiger partial charge in [0.25, 0.3) is 5.91 Å². The van der Waals surface area contributed by atoms with Gasteiger partial charge in [-0.25, -0.2) is 4.39 Å². The van der Waals surface area contributed by atoms with Crippen molar-refractivity contribution in [2.75, 3.05) is 5.32 Å². The third-order valence-electron chi connectivity index (χ3n) is 4.53. The van der Waals surface area contributed by atoms with Crippen molar-refractivity contribution in [1.29, 1.82) is 0 Å². The van der Waals surface area contributed by atoms with Gasteiger partial charge in [-0.05, 0) is 54.4 Å². The third kappa shape index (κ3) is 6.05. The van der Waals surface area contributed by atoms with Crippen LogP contribution in [0, 0.1) is 11.7 Å². The molecular weight excluding hydrogens is 395 g/mol. The van der Waals surface area contributed by atoms with E-state index in [1.54, 1.807) is 44.2 Å². The number of hydrogen-bond acceptors (Lipinski definition) is 4. The highest BCUT2D eigenvalue weighted by Gasteiger charge is 2.25. The minimum atomic E-state index is -0.829. The van der Waals surface area contributed by atoms with Crippen molar-refractivity contribution in [2.45, 2.75) is 19.9 Å². The number of carbonyl (C=O) groups excluding carboxylic acids is 2. The molecule has 6 nitrogen and oxygen atoms in total. The Morgan fingerprint density at radius 2 is 1.39 bits per heavy atom. The molecule has 0 heterocycles. The molecule has 1 atom stereocenters. The summed E-state index contributed by atoms with van der Waals surface area (Å²) in [7, 11) is 0. The first-order chi connectivity index (χ1) is 14.9. The lowest BCUT2D eigenvalue weighted by atomic mass is 10.0. The van der Waals surface area contributed by atoms with Crippen molar-refractivity contribution in [3.8, 4) is 0 Å². The first-order valence-corrected chi connectivity index (χ1v) is 9.87. The molecule has 0 aliphatic rings. The predicted octanol–water partition coefficient (Wildman–Crippen LogP) is 5.63.